The monoisotopic (exact) mass is 322 g/mol. The van der Waals surface area contributed by atoms with Crippen LogP contribution in [0.15, 0.2) is 18.2 Å². The highest BCUT2D eigenvalue weighted by Gasteiger charge is 2.29. The Hall–Kier alpha value is -1.30. The van der Waals surface area contributed by atoms with Gasteiger partial charge in [0.25, 0.3) is 0 Å². The summed E-state index contributed by atoms with van der Waals surface area (Å²) in [5.41, 5.74) is 1.08. The third-order valence-electron chi connectivity index (χ3n) is 4.49. The molecule has 0 bridgehead atoms. The number of nitrogens with zero attached hydrogens (tertiary/aromatic N) is 2. The zero-order valence-corrected chi connectivity index (χ0v) is 14.8. The van der Waals surface area contributed by atoms with E-state index in [1.54, 1.807) is 7.11 Å². The molecule has 0 amide bonds. The molecule has 5 heteroatoms. The van der Waals surface area contributed by atoms with Crippen LogP contribution in [0.5, 0.6) is 11.5 Å². The van der Waals surface area contributed by atoms with Crippen molar-refractivity contribution in [3.8, 4) is 11.5 Å². The number of aliphatic hydroxyl groups excluding tert-OH is 1. The number of benzene rings is 1. The largest absolute Gasteiger partial charge is 0.493 e. The highest BCUT2D eigenvalue weighted by molar-refractivity contribution is 5.44. The number of piperazine rings is 1. The molecule has 2 rings (SSSR count). The van der Waals surface area contributed by atoms with Crippen molar-refractivity contribution < 1.29 is 14.6 Å². The highest BCUT2D eigenvalue weighted by atomic mass is 16.5. The van der Waals surface area contributed by atoms with E-state index in [0.717, 1.165) is 43.1 Å². The number of rotatable bonds is 7. The van der Waals surface area contributed by atoms with Gasteiger partial charge in [-0.25, -0.2) is 0 Å². The molecule has 1 aliphatic rings. The number of hydrogen-bond acceptors (Lipinski definition) is 5. The summed E-state index contributed by atoms with van der Waals surface area (Å²) in [5.74, 6) is 1.50. The molecule has 0 aliphatic carbocycles. The van der Waals surface area contributed by atoms with Crippen LogP contribution in [0, 0.1) is 0 Å². The minimum Gasteiger partial charge on any atom is -0.493 e. The Balaban J connectivity index is 2.23. The van der Waals surface area contributed by atoms with Crippen molar-refractivity contribution in [1.82, 2.24) is 9.80 Å². The summed E-state index contributed by atoms with van der Waals surface area (Å²) >= 11 is 0. The zero-order valence-electron chi connectivity index (χ0n) is 14.8. The maximum atomic E-state index is 9.98. The van der Waals surface area contributed by atoms with E-state index in [1.165, 1.54) is 0 Å². The van der Waals surface area contributed by atoms with Gasteiger partial charge in [-0.1, -0.05) is 13.0 Å². The molecule has 1 heterocycles. The smallest absolute Gasteiger partial charge is 0.161 e. The van der Waals surface area contributed by atoms with E-state index in [4.69, 9.17) is 9.47 Å². The molecule has 5 nitrogen and oxygen atoms in total. The first-order valence-electron chi connectivity index (χ1n) is 8.46. The molecule has 1 saturated heterocycles. The Labute approximate surface area is 139 Å². The van der Waals surface area contributed by atoms with Gasteiger partial charge in [0, 0.05) is 25.7 Å². The van der Waals surface area contributed by atoms with Gasteiger partial charge >= 0.3 is 0 Å². The molecule has 1 N–H and O–H groups in total. The second-order valence-electron chi connectivity index (χ2n) is 6.31. The number of aliphatic hydroxyl groups is 1. The zero-order chi connectivity index (χ0) is 16.8. The number of methoxy groups -OCH3 is 1. The molecule has 2 atom stereocenters. The van der Waals surface area contributed by atoms with Crippen LogP contribution in [-0.4, -0.2) is 68.0 Å². The number of ether oxygens (including phenoxy) is 2. The van der Waals surface area contributed by atoms with E-state index >= 15 is 0 Å². The first-order valence-corrected chi connectivity index (χ1v) is 8.46. The first-order chi connectivity index (χ1) is 11.1. The van der Waals surface area contributed by atoms with Crippen molar-refractivity contribution in [3.05, 3.63) is 23.8 Å². The molecule has 1 aromatic carbocycles. The molecule has 0 spiro atoms. The predicted octanol–water partition coefficient (Wildman–Crippen LogP) is 2.15. The SMILES string of the molecule is CCCOc1cc(C(CO)N2CCN(C)CC2C)ccc1OC. The van der Waals surface area contributed by atoms with E-state index in [1.807, 2.05) is 18.2 Å². The van der Waals surface area contributed by atoms with E-state index in [0.29, 0.717) is 12.6 Å². The summed E-state index contributed by atoms with van der Waals surface area (Å²) < 4.78 is 11.2. The Bertz CT molecular complexity index is 495. The van der Waals surface area contributed by atoms with Crippen LogP contribution < -0.4 is 9.47 Å². The minimum absolute atomic E-state index is 0.00594. The van der Waals surface area contributed by atoms with Gasteiger partial charge in [0.2, 0.25) is 0 Å². The van der Waals surface area contributed by atoms with Crippen molar-refractivity contribution in [1.29, 1.82) is 0 Å². The van der Waals surface area contributed by atoms with Gasteiger partial charge < -0.3 is 19.5 Å². The average Bonchev–Trinajstić information content (AvgIpc) is 2.55. The predicted molar refractivity (Wildman–Crippen MR) is 92.3 cm³/mol. The van der Waals surface area contributed by atoms with Crippen LogP contribution in [0.4, 0.5) is 0 Å². The van der Waals surface area contributed by atoms with E-state index in [-0.39, 0.29) is 12.6 Å². The molecule has 130 valence electrons. The highest BCUT2D eigenvalue weighted by Crippen LogP contribution is 2.33. The van der Waals surface area contributed by atoms with E-state index < -0.39 is 0 Å². The van der Waals surface area contributed by atoms with Crippen molar-refractivity contribution in [2.45, 2.75) is 32.4 Å². The summed E-state index contributed by atoms with van der Waals surface area (Å²) in [5, 5.41) is 9.98. The number of hydrogen-bond donors (Lipinski definition) is 1. The third kappa shape index (κ3) is 4.37. The molecular formula is C18H30N2O3. The van der Waals surface area contributed by atoms with Crippen molar-refractivity contribution in [3.63, 3.8) is 0 Å². The maximum absolute atomic E-state index is 9.98. The Morgan fingerprint density at radius 3 is 2.70 bits per heavy atom. The summed E-state index contributed by atoms with van der Waals surface area (Å²) in [4.78, 5) is 4.71. The lowest BCUT2D eigenvalue weighted by molar-refractivity contribution is 0.0340. The topological polar surface area (TPSA) is 45.2 Å². The van der Waals surface area contributed by atoms with Gasteiger partial charge in [-0.15, -0.1) is 0 Å². The second kappa shape index (κ2) is 8.52. The van der Waals surface area contributed by atoms with Crippen LogP contribution in [-0.2, 0) is 0 Å². The quantitative estimate of drug-likeness (QED) is 0.833. The fourth-order valence-electron chi connectivity index (χ4n) is 3.24. The third-order valence-corrected chi connectivity index (χ3v) is 4.49. The fourth-order valence-corrected chi connectivity index (χ4v) is 3.24. The summed E-state index contributed by atoms with van der Waals surface area (Å²) in [7, 11) is 3.80. The Kier molecular flexibility index (Phi) is 6.69. The van der Waals surface area contributed by atoms with Crippen LogP contribution >= 0.6 is 0 Å². The molecule has 0 radical (unpaired) electrons. The van der Waals surface area contributed by atoms with Gasteiger partial charge in [-0.05, 0) is 38.1 Å². The Morgan fingerprint density at radius 1 is 1.30 bits per heavy atom. The lowest BCUT2D eigenvalue weighted by Crippen LogP contribution is -2.52. The van der Waals surface area contributed by atoms with Gasteiger partial charge in [0.15, 0.2) is 11.5 Å². The molecule has 2 unspecified atom stereocenters. The van der Waals surface area contributed by atoms with Crippen molar-refractivity contribution >= 4 is 0 Å². The lowest BCUT2D eigenvalue weighted by Gasteiger charge is -2.42. The van der Waals surface area contributed by atoms with Crippen LogP contribution in [0.25, 0.3) is 0 Å². The van der Waals surface area contributed by atoms with Gasteiger partial charge in [-0.2, -0.15) is 0 Å². The molecule has 1 fully saturated rings. The van der Waals surface area contributed by atoms with Gasteiger partial charge in [0.1, 0.15) is 0 Å². The normalized spacial score (nSPS) is 21.2. The van der Waals surface area contributed by atoms with Crippen LogP contribution in [0.1, 0.15) is 31.9 Å². The second-order valence-corrected chi connectivity index (χ2v) is 6.31. The van der Waals surface area contributed by atoms with Gasteiger partial charge in [0.05, 0.1) is 26.4 Å². The van der Waals surface area contributed by atoms with E-state index in [9.17, 15) is 5.11 Å². The molecule has 0 saturated carbocycles. The molecule has 23 heavy (non-hydrogen) atoms. The maximum Gasteiger partial charge on any atom is 0.161 e. The molecule has 1 aromatic rings. The van der Waals surface area contributed by atoms with Crippen molar-refractivity contribution in [2.75, 3.05) is 47.0 Å². The fraction of sp³-hybridized carbons (Fsp3) is 0.667. The summed E-state index contributed by atoms with van der Waals surface area (Å²) in [6.07, 6.45) is 0.951. The molecule has 1 aliphatic heterocycles. The summed E-state index contributed by atoms with van der Waals surface area (Å²) in [6.45, 7) is 8.07. The Morgan fingerprint density at radius 2 is 2.09 bits per heavy atom. The number of likely N-dealkylation sites (N-methyl/N-ethyl adjacent to an activating group) is 1. The van der Waals surface area contributed by atoms with Gasteiger partial charge in [-0.3, -0.25) is 4.90 Å². The van der Waals surface area contributed by atoms with Crippen molar-refractivity contribution in [2.24, 2.45) is 0 Å². The van der Waals surface area contributed by atoms with Crippen LogP contribution in [0.2, 0.25) is 0 Å². The van der Waals surface area contributed by atoms with E-state index in [2.05, 4.69) is 30.7 Å². The summed E-state index contributed by atoms with van der Waals surface area (Å²) in [6, 6.07) is 6.38. The average molecular weight is 322 g/mol. The molecule has 0 aromatic heterocycles. The minimum atomic E-state index is -0.00594. The first kappa shape index (κ1) is 18.0. The lowest BCUT2D eigenvalue weighted by atomic mass is 10.0. The molecular weight excluding hydrogens is 292 g/mol. The standard InChI is InChI=1S/C18H30N2O3/c1-5-10-23-18-11-15(6-7-17(18)22-4)16(13-21)20-9-8-19(3)12-14(20)2/h6-7,11,14,16,21H,5,8-10,12-13H2,1-4H3. The van der Waals surface area contributed by atoms with Crippen LogP contribution in [0.3, 0.4) is 0 Å².